The number of carbonyl (C=O) groups is 1. The Hall–Kier alpha value is -0.410. The van der Waals surface area contributed by atoms with Gasteiger partial charge in [0.05, 0.1) is 6.54 Å². The highest BCUT2D eigenvalue weighted by Crippen LogP contribution is 2.28. The van der Waals surface area contributed by atoms with Gasteiger partial charge in [-0.1, -0.05) is 12.8 Å². The quantitative estimate of drug-likeness (QED) is 0.739. The molecule has 0 spiro atoms. The molecule has 0 aromatic rings. The minimum Gasteiger partial charge on any atom is -0.298 e. The summed E-state index contributed by atoms with van der Waals surface area (Å²) in [5, 5.41) is 0. The van der Waals surface area contributed by atoms with Crippen LogP contribution in [0.25, 0.3) is 0 Å². The molecule has 3 fully saturated rings. The van der Waals surface area contributed by atoms with Gasteiger partial charge in [0, 0.05) is 38.1 Å². The Balaban J connectivity index is 1.41. The van der Waals surface area contributed by atoms with Crippen molar-refractivity contribution < 1.29 is 4.79 Å². The number of carbonyl (C=O) groups excluding carboxylic acids is 1. The van der Waals surface area contributed by atoms with Gasteiger partial charge in [0.1, 0.15) is 5.78 Å². The van der Waals surface area contributed by atoms with Crippen molar-refractivity contribution in [3.8, 4) is 0 Å². The Labute approximate surface area is 104 Å². The SMILES string of the molecule is O=C(CN1CCN(C2CC2)CC1)C1CCCC1. The van der Waals surface area contributed by atoms with E-state index in [0.717, 1.165) is 38.5 Å². The Bertz CT molecular complexity index is 274. The van der Waals surface area contributed by atoms with Gasteiger partial charge in [0.2, 0.25) is 0 Å². The number of ketones is 1. The fraction of sp³-hybridized carbons (Fsp3) is 0.929. The second kappa shape index (κ2) is 5.07. The van der Waals surface area contributed by atoms with E-state index in [2.05, 4.69) is 9.80 Å². The summed E-state index contributed by atoms with van der Waals surface area (Å²) in [6.45, 7) is 5.30. The lowest BCUT2D eigenvalue weighted by atomic mass is 10.0. The van der Waals surface area contributed by atoms with Gasteiger partial charge in [-0.05, 0) is 25.7 Å². The average Bonchev–Trinajstić information content (AvgIpc) is 3.05. The Morgan fingerprint density at radius 1 is 0.941 bits per heavy atom. The van der Waals surface area contributed by atoms with E-state index in [0.29, 0.717) is 11.7 Å². The molecule has 3 nitrogen and oxygen atoms in total. The first-order valence-electron chi connectivity index (χ1n) is 7.32. The molecule has 96 valence electrons. The van der Waals surface area contributed by atoms with Crippen molar-refractivity contribution >= 4 is 5.78 Å². The predicted octanol–water partition coefficient (Wildman–Crippen LogP) is 1.53. The largest absolute Gasteiger partial charge is 0.298 e. The summed E-state index contributed by atoms with van der Waals surface area (Å²) in [6.07, 6.45) is 7.65. The molecule has 0 atom stereocenters. The van der Waals surface area contributed by atoms with Crippen LogP contribution in [0.1, 0.15) is 38.5 Å². The predicted molar refractivity (Wildman–Crippen MR) is 68.0 cm³/mol. The first-order valence-corrected chi connectivity index (χ1v) is 7.32. The third-order valence-corrected chi connectivity index (χ3v) is 4.66. The summed E-state index contributed by atoms with van der Waals surface area (Å²) >= 11 is 0. The molecular formula is C14H24N2O. The van der Waals surface area contributed by atoms with Crippen molar-refractivity contribution in [2.75, 3.05) is 32.7 Å². The van der Waals surface area contributed by atoms with Crippen LogP contribution >= 0.6 is 0 Å². The molecule has 3 rings (SSSR count). The molecule has 3 heteroatoms. The molecule has 0 amide bonds. The fourth-order valence-corrected chi connectivity index (χ4v) is 3.32. The summed E-state index contributed by atoms with van der Waals surface area (Å²) in [4.78, 5) is 17.1. The Morgan fingerprint density at radius 2 is 1.59 bits per heavy atom. The fourth-order valence-electron chi connectivity index (χ4n) is 3.32. The third-order valence-electron chi connectivity index (χ3n) is 4.66. The van der Waals surface area contributed by atoms with Crippen LogP contribution in [-0.2, 0) is 4.79 Å². The Morgan fingerprint density at radius 3 is 2.18 bits per heavy atom. The molecule has 1 saturated heterocycles. The van der Waals surface area contributed by atoms with Crippen LogP contribution in [-0.4, -0.2) is 54.3 Å². The Kier molecular flexibility index (Phi) is 3.48. The summed E-state index contributed by atoms with van der Waals surface area (Å²) < 4.78 is 0. The number of hydrogen-bond acceptors (Lipinski definition) is 3. The molecule has 2 saturated carbocycles. The minimum absolute atomic E-state index is 0.400. The zero-order valence-corrected chi connectivity index (χ0v) is 10.7. The molecule has 0 unspecified atom stereocenters. The lowest BCUT2D eigenvalue weighted by molar-refractivity contribution is -0.124. The topological polar surface area (TPSA) is 23.6 Å². The number of nitrogens with zero attached hydrogens (tertiary/aromatic N) is 2. The van der Waals surface area contributed by atoms with Crippen molar-refractivity contribution in [3.05, 3.63) is 0 Å². The summed E-state index contributed by atoms with van der Waals surface area (Å²) in [6, 6.07) is 0.891. The minimum atomic E-state index is 0.400. The lowest BCUT2D eigenvalue weighted by Gasteiger charge is -2.34. The van der Waals surface area contributed by atoms with Gasteiger partial charge >= 0.3 is 0 Å². The van der Waals surface area contributed by atoms with Crippen molar-refractivity contribution in [3.63, 3.8) is 0 Å². The highest BCUT2D eigenvalue weighted by atomic mass is 16.1. The van der Waals surface area contributed by atoms with Crippen LogP contribution < -0.4 is 0 Å². The van der Waals surface area contributed by atoms with Crippen LogP contribution in [0.2, 0.25) is 0 Å². The van der Waals surface area contributed by atoms with Gasteiger partial charge in [-0.3, -0.25) is 14.6 Å². The number of Topliss-reactive ketones (excluding diaryl/α,β-unsaturated/α-hetero) is 1. The molecule has 17 heavy (non-hydrogen) atoms. The number of rotatable bonds is 4. The zero-order chi connectivity index (χ0) is 11.7. The van der Waals surface area contributed by atoms with Crippen LogP contribution in [0.5, 0.6) is 0 Å². The van der Waals surface area contributed by atoms with Gasteiger partial charge in [-0.2, -0.15) is 0 Å². The van der Waals surface area contributed by atoms with Gasteiger partial charge < -0.3 is 0 Å². The van der Waals surface area contributed by atoms with E-state index in [4.69, 9.17) is 0 Å². The molecule has 0 N–H and O–H groups in total. The van der Waals surface area contributed by atoms with Crippen LogP contribution in [0.3, 0.4) is 0 Å². The molecule has 0 aromatic carbocycles. The molecular weight excluding hydrogens is 212 g/mol. The van der Waals surface area contributed by atoms with Crippen molar-refractivity contribution in [2.45, 2.75) is 44.6 Å². The summed E-state index contributed by atoms with van der Waals surface area (Å²) in [5.41, 5.74) is 0. The maximum Gasteiger partial charge on any atom is 0.149 e. The molecule has 0 radical (unpaired) electrons. The van der Waals surface area contributed by atoms with E-state index in [1.54, 1.807) is 0 Å². The molecule has 1 heterocycles. The van der Waals surface area contributed by atoms with E-state index in [9.17, 15) is 4.79 Å². The summed E-state index contributed by atoms with van der Waals surface area (Å²) in [7, 11) is 0. The monoisotopic (exact) mass is 236 g/mol. The standard InChI is InChI=1S/C14H24N2O/c17-14(12-3-1-2-4-12)11-15-7-9-16(10-8-15)13-5-6-13/h12-13H,1-11H2. The molecule has 2 aliphatic carbocycles. The van der Waals surface area contributed by atoms with E-state index in [1.807, 2.05) is 0 Å². The highest BCUT2D eigenvalue weighted by molar-refractivity contribution is 5.83. The van der Waals surface area contributed by atoms with E-state index >= 15 is 0 Å². The van der Waals surface area contributed by atoms with E-state index in [-0.39, 0.29) is 0 Å². The lowest BCUT2D eigenvalue weighted by Crippen LogP contribution is -2.49. The van der Waals surface area contributed by atoms with E-state index < -0.39 is 0 Å². The average molecular weight is 236 g/mol. The second-order valence-electron chi connectivity index (χ2n) is 5.99. The number of hydrogen-bond donors (Lipinski definition) is 0. The highest BCUT2D eigenvalue weighted by Gasteiger charge is 2.32. The second-order valence-corrected chi connectivity index (χ2v) is 5.99. The molecule has 0 bridgehead atoms. The van der Waals surface area contributed by atoms with E-state index in [1.165, 1.54) is 38.8 Å². The first kappa shape index (κ1) is 11.7. The maximum absolute atomic E-state index is 12.1. The van der Waals surface area contributed by atoms with Crippen LogP contribution in [0, 0.1) is 5.92 Å². The van der Waals surface area contributed by atoms with Crippen molar-refractivity contribution in [1.29, 1.82) is 0 Å². The number of piperazine rings is 1. The maximum atomic E-state index is 12.1. The van der Waals surface area contributed by atoms with Gasteiger partial charge in [-0.25, -0.2) is 0 Å². The first-order chi connectivity index (χ1) is 8.33. The van der Waals surface area contributed by atoms with Crippen molar-refractivity contribution in [1.82, 2.24) is 9.80 Å². The normalized spacial score (nSPS) is 28.7. The van der Waals surface area contributed by atoms with Crippen molar-refractivity contribution in [2.24, 2.45) is 5.92 Å². The van der Waals surface area contributed by atoms with Gasteiger partial charge in [0.15, 0.2) is 0 Å². The van der Waals surface area contributed by atoms with Gasteiger partial charge in [-0.15, -0.1) is 0 Å². The molecule has 0 aromatic heterocycles. The summed E-state index contributed by atoms with van der Waals surface area (Å²) in [5.74, 6) is 0.916. The van der Waals surface area contributed by atoms with Crippen LogP contribution in [0.4, 0.5) is 0 Å². The smallest absolute Gasteiger partial charge is 0.149 e. The molecule has 1 aliphatic heterocycles. The molecule has 3 aliphatic rings. The third kappa shape index (κ3) is 2.89. The van der Waals surface area contributed by atoms with Gasteiger partial charge in [0.25, 0.3) is 0 Å². The zero-order valence-electron chi connectivity index (χ0n) is 10.7. The van der Waals surface area contributed by atoms with Crippen LogP contribution in [0.15, 0.2) is 0 Å².